The highest BCUT2D eigenvalue weighted by Gasteiger charge is 1.94. The molecule has 1 unspecified atom stereocenters. The fourth-order valence-corrected chi connectivity index (χ4v) is 0.923. The Labute approximate surface area is 80.6 Å². The summed E-state index contributed by atoms with van der Waals surface area (Å²) in [7, 11) is 0. The quantitative estimate of drug-likeness (QED) is 0.594. The molecular weight excluding hydrogens is 164 g/mol. The zero-order valence-electron chi connectivity index (χ0n) is 8.32. The molecule has 2 N–H and O–H groups in total. The predicted octanol–water partition coefficient (Wildman–Crippen LogP) is 2.03. The van der Waals surface area contributed by atoms with Crippen LogP contribution in [0.15, 0.2) is 24.3 Å². The van der Waals surface area contributed by atoms with Crippen molar-refractivity contribution in [3.05, 3.63) is 24.3 Å². The fourth-order valence-electron chi connectivity index (χ4n) is 0.923. The van der Waals surface area contributed by atoms with Gasteiger partial charge in [0.2, 0.25) is 0 Å². The molecule has 0 radical (unpaired) electrons. The number of aliphatic hydroxyl groups excluding tert-OH is 2. The van der Waals surface area contributed by atoms with Crippen LogP contribution >= 0.6 is 0 Å². The normalized spacial score (nSPS) is 14.4. The molecule has 2 heteroatoms. The van der Waals surface area contributed by atoms with Crippen molar-refractivity contribution < 1.29 is 10.2 Å². The van der Waals surface area contributed by atoms with Gasteiger partial charge in [0.25, 0.3) is 0 Å². The van der Waals surface area contributed by atoms with Gasteiger partial charge >= 0.3 is 0 Å². The highest BCUT2D eigenvalue weighted by atomic mass is 16.3. The van der Waals surface area contributed by atoms with Crippen LogP contribution in [0.1, 0.15) is 32.6 Å². The van der Waals surface area contributed by atoms with E-state index in [0.717, 1.165) is 12.8 Å². The minimum absolute atomic E-state index is 0.0389. The van der Waals surface area contributed by atoms with Gasteiger partial charge in [0.05, 0.1) is 6.10 Å². The Morgan fingerprint density at radius 1 is 1.23 bits per heavy atom. The molecule has 13 heavy (non-hydrogen) atoms. The van der Waals surface area contributed by atoms with Crippen LogP contribution in [0.25, 0.3) is 0 Å². The number of aliphatic hydroxyl groups is 2. The average molecular weight is 184 g/mol. The average Bonchev–Trinajstić information content (AvgIpc) is 2.11. The Morgan fingerprint density at radius 2 is 2.00 bits per heavy atom. The first-order valence-electron chi connectivity index (χ1n) is 4.91. The molecule has 0 aromatic carbocycles. The van der Waals surface area contributed by atoms with Crippen molar-refractivity contribution in [2.24, 2.45) is 0 Å². The highest BCUT2D eigenvalue weighted by Crippen LogP contribution is 1.96. The zero-order valence-corrected chi connectivity index (χ0v) is 8.32. The van der Waals surface area contributed by atoms with Crippen LogP contribution in [0.4, 0.5) is 0 Å². The first-order valence-corrected chi connectivity index (χ1v) is 4.91. The molecule has 0 fully saturated rings. The molecule has 0 saturated carbocycles. The Kier molecular flexibility index (Phi) is 9.05. The summed E-state index contributed by atoms with van der Waals surface area (Å²) >= 11 is 0. The third kappa shape index (κ3) is 9.31. The number of unbranched alkanes of at least 4 members (excludes halogenated alkanes) is 1. The third-order valence-electron chi connectivity index (χ3n) is 1.68. The number of hydrogen-bond acceptors (Lipinski definition) is 2. The smallest absolute Gasteiger partial charge is 0.0742 e. The molecule has 0 heterocycles. The summed E-state index contributed by atoms with van der Waals surface area (Å²) in [5, 5.41) is 17.7. The molecule has 0 spiro atoms. The second kappa shape index (κ2) is 9.49. The summed E-state index contributed by atoms with van der Waals surface area (Å²) in [5.74, 6) is 0. The lowest BCUT2D eigenvalue weighted by atomic mass is 10.2. The minimum atomic E-state index is -0.496. The van der Waals surface area contributed by atoms with Gasteiger partial charge < -0.3 is 10.2 Å². The predicted molar refractivity (Wildman–Crippen MR) is 55.5 cm³/mol. The van der Waals surface area contributed by atoms with Gasteiger partial charge in [-0.15, -0.1) is 0 Å². The van der Waals surface area contributed by atoms with E-state index in [1.165, 1.54) is 6.42 Å². The SMILES string of the molecule is CCC/C=C\C/C=C\C(O)CCO. The van der Waals surface area contributed by atoms with Gasteiger partial charge in [-0.25, -0.2) is 0 Å². The number of rotatable bonds is 7. The van der Waals surface area contributed by atoms with Crippen LogP contribution in [0, 0.1) is 0 Å². The lowest BCUT2D eigenvalue weighted by Gasteiger charge is -1.99. The van der Waals surface area contributed by atoms with Crippen molar-refractivity contribution in [1.29, 1.82) is 0 Å². The Hall–Kier alpha value is -0.600. The molecule has 1 atom stereocenters. The van der Waals surface area contributed by atoms with Gasteiger partial charge in [-0.2, -0.15) is 0 Å². The van der Waals surface area contributed by atoms with E-state index in [1.807, 2.05) is 6.08 Å². The Balaban J connectivity index is 3.39. The molecule has 76 valence electrons. The topological polar surface area (TPSA) is 40.5 Å². The van der Waals surface area contributed by atoms with Crippen LogP contribution in [-0.4, -0.2) is 22.9 Å². The summed E-state index contributed by atoms with van der Waals surface area (Å²) in [6.45, 7) is 2.18. The van der Waals surface area contributed by atoms with Gasteiger partial charge in [0.15, 0.2) is 0 Å². The van der Waals surface area contributed by atoms with Crippen LogP contribution < -0.4 is 0 Å². The van der Waals surface area contributed by atoms with Gasteiger partial charge in [-0.3, -0.25) is 0 Å². The third-order valence-corrected chi connectivity index (χ3v) is 1.68. The summed E-state index contributed by atoms with van der Waals surface area (Å²) in [6, 6.07) is 0. The zero-order chi connectivity index (χ0) is 9.94. The van der Waals surface area contributed by atoms with Crippen LogP contribution in [0.3, 0.4) is 0 Å². The van der Waals surface area contributed by atoms with Gasteiger partial charge in [0.1, 0.15) is 0 Å². The van der Waals surface area contributed by atoms with Gasteiger partial charge in [-0.1, -0.05) is 37.6 Å². The van der Waals surface area contributed by atoms with E-state index in [0.29, 0.717) is 6.42 Å². The summed E-state index contributed by atoms with van der Waals surface area (Å²) in [6.07, 6.45) is 11.0. The molecular formula is C11H20O2. The van der Waals surface area contributed by atoms with E-state index < -0.39 is 6.10 Å². The highest BCUT2D eigenvalue weighted by molar-refractivity contribution is 4.95. The van der Waals surface area contributed by atoms with Crippen LogP contribution in [0.5, 0.6) is 0 Å². The second-order valence-electron chi connectivity index (χ2n) is 3.00. The summed E-state index contributed by atoms with van der Waals surface area (Å²) < 4.78 is 0. The van der Waals surface area contributed by atoms with Gasteiger partial charge in [-0.05, 0) is 19.3 Å². The lowest BCUT2D eigenvalue weighted by Crippen LogP contribution is -2.03. The van der Waals surface area contributed by atoms with Crippen molar-refractivity contribution >= 4 is 0 Å². The lowest BCUT2D eigenvalue weighted by molar-refractivity contribution is 0.170. The summed E-state index contributed by atoms with van der Waals surface area (Å²) in [4.78, 5) is 0. The maximum atomic E-state index is 9.18. The molecule has 0 rings (SSSR count). The maximum Gasteiger partial charge on any atom is 0.0742 e. The van der Waals surface area contributed by atoms with E-state index in [4.69, 9.17) is 5.11 Å². The monoisotopic (exact) mass is 184 g/mol. The van der Waals surface area contributed by atoms with Crippen LogP contribution in [0.2, 0.25) is 0 Å². The largest absolute Gasteiger partial charge is 0.396 e. The molecule has 0 aliphatic rings. The van der Waals surface area contributed by atoms with Crippen molar-refractivity contribution in [3.63, 3.8) is 0 Å². The van der Waals surface area contributed by atoms with Crippen LogP contribution in [-0.2, 0) is 0 Å². The molecule has 0 aromatic rings. The fraction of sp³-hybridized carbons (Fsp3) is 0.636. The first kappa shape index (κ1) is 12.4. The van der Waals surface area contributed by atoms with Crippen molar-refractivity contribution in [2.75, 3.05) is 6.61 Å². The number of allylic oxidation sites excluding steroid dienone is 3. The second-order valence-corrected chi connectivity index (χ2v) is 3.00. The van der Waals surface area contributed by atoms with Crippen molar-refractivity contribution in [2.45, 2.75) is 38.7 Å². The Bertz CT molecular complexity index is 150. The maximum absolute atomic E-state index is 9.18. The van der Waals surface area contributed by atoms with E-state index in [1.54, 1.807) is 6.08 Å². The first-order chi connectivity index (χ1) is 6.31. The minimum Gasteiger partial charge on any atom is -0.396 e. The molecule has 0 aliphatic heterocycles. The van der Waals surface area contributed by atoms with E-state index in [9.17, 15) is 5.11 Å². The van der Waals surface area contributed by atoms with Crippen molar-refractivity contribution in [3.8, 4) is 0 Å². The molecule has 0 saturated heterocycles. The van der Waals surface area contributed by atoms with E-state index in [-0.39, 0.29) is 6.61 Å². The molecule has 0 amide bonds. The van der Waals surface area contributed by atoms with E-state index in [2.05, 4.69) is 19.1 Å². The number of hydrogen-bond donors (Lipinski definition) is 2. The molecule has 0 bridgehead atoms. The molecule has 2 nitrogen and oxygen atoms in total. The summed E-state index contributed by atoms with van der Waals surface area (Å²) in [5.41, 5.74) is 0. The van der Waals surface area contributed by atoms with Crippen molar-refractivity contribution in [1.82, 2.24) is 0 Å². The molecule has 0 aromatic heterocycles. The van der Waals surface area contributed by atoms with E-state index >= 15 is 0 Å². The Morgan fingerprint density at radius 3 is 2.62 bits per heavy atom. The molecule has 0 aliphatic carbocycles. The van der Waals surface area contributed by atoms with Gasteiger partial charge in [0, 0.05) is 6.61 Å². The standard InChI is InChI=1S/C11H20O2/c1-2-3-4-5-6-7-8-11(13)9-10-12/h4-5,7-8,11-13H,2-3,6,9-10H2,1H3/b5-4-,8-7-.